The Morgan fingerprint density at radius 3 is 2.72 bits per heavy atom. The molecule has 1 fully saturated rings. The normalized spacial score (nSPS) is 24.4. The lowest BCUT2D eigenvalue weighted by Gasteiger charge is -2.36. The maximum Gasteiger partial charge on any atom is 0.125 e. The lowest BCUT2D eigenvalue weighted by molar-refractivity contribution is 0.133. The summed E-state index contributed by atoms with van der Waals surface area (Å²) < 4.78 is 13.0. The average Bonchev–Trinajstić information content (AvgIpc) is 2.33. The minimum absolute atomic E-state index is 0.259. The van der Waals surface area contributed by atoms with Crippen molar-refractivity contribution >= 4 is 5.69 Å². The number of benzene rings is 1. The fraction of sp³-hybridized carbons (Fsp3) is 0.600. The van der Waals surface area contributed by atoms with Crippen LogP contribution < -0.4 is 5.73 Å². The molecule has 0 heterocycles. The number of nitrogen functional groups attached to an aromatic ring is 1. The molecule has 1 aromatic rings. The number of rotatable bonds is 3. The lowest BCUT2D eigenvalue weighted by atomic mass is 9.85. The zero-order chi connectivity index (χ0) is 13.1. The Morgan fingerprint density at radius 2 is 2.06 bits per heavy atom. The van der Waals surface area contributed by atoms with Crippen LogP contribution in [0.5, 0.6) is 0 Å². The van der Waals surface area contributed by atoms with E-state index < -0.39 is 0 Å². The van der Waals surface area contributed by atoms with E-state index in [-0.39, 0.29) is 5.82 Å². The van der Waals surface area contributed by atoms with E-state index in [4.69, 9.17) is 5.73 Å². The van der Waals surface area contributed by atoms with Crippen LogP contribution in [-0.2, 0) is 6.54 Å². The number of hydrogen-bond acceptors (Lipinski definition) is 2. The standard InChI is InChI=1S/C15H23FN2/c1-11-5-3-4-6-15(11)18(2)10-12-7-8-13(16)9-14(12)17/h7-9,11,15H,3-6,10,17H2,1-2H3. The summed E-state index contributed by atoms with van der Waals surface area (Å²) in [6, 6.07) is 5.33. The highest BCUT2D eigenvalue weighted by molar-refractivity contribution is 5.46. The van der Waals surface area contributed by atoms with Gasteiger partial charge < -0.3 is 5.73 Å². The van der Waals surface area contributed by atoms with Gasteiger partial charge in [0.05, 0.1) is 0 Å². The van der Waals surface area contributed by atoms with Gasteiger partial charge in [-0.2, -0.15) is 0 Å². The monoisotopic (exact) mass is 250 g/mol. The molecule has 2 atom stereocenters. The largest absolute Gasteiger partial charge is 0.398 e. The van der Waals surface area contributed by atoms with Gasteiger partial charge in [-0.05, 0) is 43.5 Å². The van der Waals surface area contributed by atoms with E-state index in [1.165, 1.54) is 37.8 Å². The minimum Gasteiger partial charge on any atom is -0.398 e. The zero-order valence-electron chi connectivity index (χ0n) is 11.3. The van der Waals surface area contributed by atoms with Crippen LogP contribution in [0.1, 0.15) is 38.2 Å². The second kappa shape index (κ2) is 5.70. The number of hydrogen-bond donors (Lipinski definition) is 1. The van der Waals surface area contributed by atoms with Gasteiger partial charge in [0.25, 0.3) is 0 Å². The molecule has 2 nitrogen and oxygen atoms in total. The summed E-state index contributed by atoms with van der Waals surface area (Å²) in [6.45, 7) is 3.13. The van der Waals surface area contributed by atoms with Crippen molar-refractivity contribution in [2.24, 2.45) is 5.92 Å². The molecule has 2 rings (SSSR count). The van der Waals surface area contributed by atoms with Gasteiger partial charge in [-0.3, -0.25) is 4.90 Å². The summed E-state index contributed by atoms with van der Waals surface area (Å²) in [5, 5.41) is 0. The first-order valence-electron chi connectivity index (χ1n) is 6.82. The van der Waals surface area contributed by atoms with Crippen LogP contribution in [-0.4, -0.2) is 18.0 Å². The molecule has 1 saturated carbocycles. The van der Waals surface area contributed by atoms with Crippen LogP contribution in [0.4, 0.5) is 10.1 Å². The van der Waals surface area contributed by atoms with E-state index in [1.807, 2.05) is 0 Å². The number of anilines is 1. The van der Waals surface area contributed by atoms with E-state index in [9.17, 15) is 4.39 Å². The molecule has 3 heteroatoms. The summed E-state index contributed by atoms with van der Waals surface area (Å²) in [6.07, 6.45) is 5.25. The number of halogens is 1. The second-order valence-corrected chi connectivity index (χ2v) is 5.59. The van der Waals surface area contributed by atoms with Crippen molar-refractivity contribution in [1.82, 2.24) is 4.90 Å². The maximum atomic E-state index is 13.0. The molecule has 100 valence electrons. The fourth-order valence-electron chi connectivity index (χ4n) is 3.05. The highest BCUT2D eigenvalue weighted by Gasteiger charge is 2.25. The van der Waals surface area contributed by atoms with Crippen LogP contribution in [0.15, 0.2) is 18.2 Å². The van der Waals surface area contributed by atoms with Crippen molar-refractivity contribution in [3.8, 4) is 0 Å². The molecule has 1 aliphatic carbocycles. The predicted molar refractivity (Wildman–Crippen MR) is 73.7 cm³/mol. The van der Waals surface area contributed by atoms with Gasteiger partial charge in [0, 0.05) is 18.3 Å². The van der Waals surface area contributed by atoms with Crippen molar-refractivity contribution in [1.29, 1.82) is 0 Å². The van der Waals surface area contributed by atoms with Crippen molar-refractivity contribution in [2.75, 3.05) is 12.8 Å². The summed E-state index contributed by atoms with van der Waals surface area (Å²) in [5.74, 6) is 0.482. The zero-order valence-corrected chi connectivity index (χ0v) is 11.3. The van der Waals surface area contributed by atoms with E-state index >= 15 is 0 Å². The first-order chi connectivity index (χ1) is 8.58. The summed E-state index contributed by atoms with van der Waals surface area (Å²) in [4.78, 5) is 2.37. The molecule has 0 aliphatic heterocycles. The molecule has 2 unspecified atom stereocenters. The Hall–Kier alpha value is -1.09. The molecule has 2 N–H and O–H groups in total. The predicted octanol–water partition coefficient (Wildman–Crippen LogP) is 3.42. The molecule has 0 amide bonds. The maximum absolute atomic E-state index is 13.0. The van der Waals surface area contributed by atoms with Crippen LogP contribution in [0.25, 0.3) is 0 Å². The van der Waals surface area contributed by atoms with Crippen molar-refractivity contribution in [3.63, 3.8) is 0 Å². The van der Waals surface area contributed by atoms with Gasteiger partial charge in [-0.1, -0.05) is 25.8 Å². The molecule has 1 aliphatic rings. The van der Waals surface area contributed by atoms with Gasteiger partial charge in [0.2, 0.25) is 0 Å². The molecule has 0 aromatic heterocycles. The third-order valence-electron chi connectivity index (χ3n) is 4.16. The smallest absolute Gasteiger partial charge is 0.125 e. The first kappa shape index (κ1) is 13.3. The van der Waals surface area contributed by atoms with Gasteiger partial charge in [0.1, 0.15) is 5.82 Å². The second-order valence-electron chi connectivity index (χ2n) is 5.59. The molecule has 0 bridgehead atoms. The Bertz CT molecular complexity index is 405. The first-order valence-corrected chi connectivity index (χ1v) is 6.82. The topological polar surface area (TPSA) is 29.3 Å². The molecule has 0 spiro atoms. The Balaban J connectivity index is 2.03. The average molecular weight is 250 g/mol. The van der Waals surface area contributed by atoms with Crippen molar-refractivity contribution in [3.05, 3.63) is 29.6 Å². The summed E-state index contributed by atoms with van der Waals surface area (Å²) in [5.41, 5.74) is 7.45. The highest BCUT2D eigenvalue weighted by atomic mass is 19.1. The van der Waals surface area contributed by atoms with Crippen LogP contribution in [0.2, 0.25) is 0 Å². The van der Waals surface area contributed by atoms with E-state index in [2.05, 4.69) is 18.9 Å². The van der Waals surface area contributed by atoms with Gasteiger partial charge in [-0.25, -0.2) is 4.39 Å². The SMILES string of the molecule is CC1CCCCC1N(C)Cc1ccc(F)cc1N. The molecular weight excluding hydrogens is 227 g/mol. The van der Waals surface area contributed by atoms with E-state index in [0.29, 0.717) is 11.7 Å². The van der Waals surface area contributed by atoms with Gasteiger partial charge in [-0.15, -0.1) is 0 Å². The number of nitrogens with zero attached hydrogens (tertiary/aromatic N) is 1. The third kappa shape index (κ3) is 3.02. The Kier molecular flexibility index (Phi) is 4.23. The minimum atomic E-state index is -0.259. The molecule has 18 heavy (non-hydrogen) atoms. The summed E-state index contributed by atoms with van der Waals surface area (Å²) in [7, 11) is 2.15. The van der Waals surface area contributed by atoms with E-state index in [1.54, 1.807) is 6.07 Å². The summed E-state index contributed by atoms with van der Waals surface area (Å²) >= 11 is 0. The van der Waals surface area contributed by atoms with Crippen LogP contribution in [0.3, 0.4) is 0 Å². The molecule has 0 saturated heterocycles. The number of nitrogens with two attached hydrogens (primary N) is 1. The third-order valence-corrected chi connectivity index (χ3v) is 4.16. The molecule has 1 aromatic carbocycles. The Labute approximate surface area is 109 Å². The Morgan fingerprint density at radius 1 is 1.33 bits per heavy atom. The van der Waals surface area contributed by atoms with Crippen molar-refractivity contribution in [2.45, 2.75) is 45.2 Å². The highest BCUT2D eigenvalue weighted by Crippen LogP contribution is 2.28. The van der Waals surface area contributed by atoms with Crippen molar-refractivity contribution < 1.29 is 4.39 Å². The van der Waals surface area contributed by atoms with Crippen LogP contribution >= 0.6 is 0 Å². The molecular formula is C15H23FN2. The van der Waals surface area contributed by atoms with Gasteiger partial charge in [0.15, 0.2) is 0 Å². The van der Waals surface area contributed by atoms with E-state index in [0.717, 1.165) is 18.0 Å². The lowest BCUT2D eigenvalue weighted by Crippen LogP contribution is -2.38. The quantitative estimate of drug-likeness (QED) is 0.833. The molecule has 0 radical (unpaired) electrons. The van der Waals surface area contributed by atoms with Crippen LogP contribution in [0, 0.1) is 11.7 Å². The fourth-order valence-corrected chi connectivity index (χ4v) is 3.05. The van der Waals surface area contributed by atoms with Gasteiger partial charge >= 0.3 is 0 Å².